The largest absolute Gasteiger partial charge is 0.481 e. The van der Waals surface area contributed by atoms with Crippen LogP contribution < -0.4 is 0 Å². The fraction of sp³-hybridized carbons (Fsp3) is 0.778. The summed E-state index contributed by atoms with van der Waals surface area (Å²) in [5, 5.41) is 8.46. The van der Waals surface area contributed by atoms with Crippen molar-refractivity contribution >= 4 is 11.9 Å². The van der Waals surface area contributed by atoms with Crippen LogP contribution in [0.2, 0.25) is 0 Å². The Kier molecular flexibility index (Phi) is 3.28. The Morgan fingerprint density at radius 3 is 2.46 bits per heavy atom. The first-order valence-electron chi connectivity index (χ1n) is 4.65. The van der Waals surface area contributed by atoms with Gasteiger partial charge in [-0.05, 0) is 19.8 Å². The lowest BCUT2D eigenvalue weighted by Crippen LogP contribution is -2.33. The van der Waals surface area contributed by atoms with Crippen molar-refractivity contribution < 1.29 is 14.7 Å². The summed E-state index contributed by atoms with van der Waals surface area (Å²) in [6, 6.07) is 0. The van der Waals surface area contributed by atoms with Crippen LogP contribution in [0.1, 0.15) is 26.2 Å². The Labute approximate surface area is 77.5 Å². The number of amides is 1. The van der Waals surface area contributed by atoms with Gasteiger partial charge in [0.25, 0.3) is 0 Å². The predicted molar refractivity (Wildman–Crippen MR) is 47.2 cm³/mol. The van der Waals surface area contributed by atoms with Crippen molar-refractivity contribution in [1.82, 2.24) is 4.90 Å². The van der Waals surface area contributed by atoms with Crippen molar-refractivity contribution in [3.05, 3.63) is 0 Å². The molecule has 1 N–H and O–H groups in total. The molecular weight excluding hydrogens is 170 g/mol. The normalized spacial score (nSPS) is 15.5. The second-order valence-corrected chi connectivity index (χ2v) is 3.34. The number of carbonyl (C=O) groups is 2. The first-order valence-corrected chi connectivity index (χ1v) is 4.65. The van der Waals surface area contributed by atoms with Gasteiger partial charge in [0.05, 0.1) is 6.42 Å². The molecule has 1 amide bonds. The molecule has 1 aliphatic rings. The number of aliphatic carboxylic acids is 1. The number of nitrogens with zero attached hydrogens (tertiary/aromatic N) is 1. The van der Waals surface area contributed by atoms with Gasteiger partial charge in [-0.2, -0.15) is 0 Å². The van der Waals surface area contributed by atoms with Crippen molar-refractivity contribution in [3.8, 4) is 0 Å². The molecule has 13 heavy (non-hydrogen) atoms. The van der Waals surface area contributed by atoms with E-state index in [1.165, 1.54) is 0 Å². The van der Waals surface area contributed by atoms with E-state index in [1.54, 1.807) is 4.90 Å². The third-order valence-corrected chi connectivity index (χ3v) is 2.22. The van der Waals surface area contributed by atoms with E-state index in [9.17, 15) is 9.59 Å². The van der Waals surface area contributed by atoms with Crippen molar-refractivity contribution in [2.45, 2.75) is 26.2 Å². The SMILES string of the molecule is CCN(CCC(=O)O)C(=O)C1CC1. The smallest absolute Gasteiger partial charge is 0.305 e. The zero-order valence-corrected chi connectivity index (χ0v) is 7.82. The number of carboxylic acids is 1. The van der Waals surface area contributed by atoms with Gasteiger partial charge in [-0.15, -0.1) is 0 Å². The average Bonchev–Trinajstić information content (AvgIpc) is 2.86. The third kappa shape index (κ3) is 3.05. The summed E-state index contributed by atoms with van der Waals surface area (Å²) in [6.45, 7) is 2.84. The fourth-order valence-corrected chi connectivity index (χ4v) is 1.24. The second kappa shape index (κ2) is 4.25. The minimum Gasteiger partial charge on any atom is -0.481 e. The van der Waals surface area contributed by atoms with Gasteiger partial charge in [0.15, 0.2) is 0 Å². The first-order chi connectivity index (χ1) is 6.15. The monoisotopic (exact) mass is 185 g/mol. The molecule has 0 aromatic carbocycles. The minimum absolute atomic E-state index is 0.0479. The third-order valence-electron chi connectivity index (χ3n) is 2.22. The summed E-state index contributed by atoms with van der Waals surface area (Å²) in [7, 11) is 0. The Morgan fingerprint density at radius 1 is 1.46 bits per heavy atom. The highest BCUT2D eigenvalue weighted by atomic mass is 16.4. The molecule has 0 unspecified atom stereocenters. The Morgan fingerprint density at radius 2 is 2.08 bits per heavy atom. The van der Waals surface area contributed by atoms with Crippen LogP contribution in [0.3, 0.4) is 0 Å². The molecule has 4 nitrogen and oxygen atoms in total. The topological polar surface area (TPSA) is 57.6 Å². The van der Waals surface area contributed by atoms with E-state index >= 15 is 0 Å². The maximum atomic E-state index is 11.5. The van der Waals surface area contributed by atoms with Gasteiger partial charge in [-0.1, -0.05) is 0 Å². The molecule has 0 spiro atoms. The molecule has 4 heteroatoms. The highest BCUT2D eigenvalue weighted by molar-refractivity contribution is 5.81. The highest BCUT2D eigenvalue weighted by Gasteiger charge is 2.32. The summed E-state index contributed by atoms with van der Waals surface area (Å²) in [6.07, 6.45) is 2.00. The van der Waals surface area contributed by atoms with Crippen molar-refractivity contribution in [2.75, 3.05) is 13.1 Å². The molecule has 1 aliphatic carbocycles. The molecule has 1 rings (SSSR count). The quantitative estimate of drug-likeness (QED) is 0.686. The van der Waals surface area contributed by atoms with Gasteiger partial charge in [0.2, 0.25) is 5.91 Å². The van der Waals surface area contributed by atoms with Gasteiger partial charge >= 0.3 is 5.97 Å². The lowest BCUT2D eigenvalue weighted by atomic mass is 10.3. The first kappa shape index (κ1) is 10.0. The van der Waals surface area contributed by atoms with Crippen LogP contribution >= 0.6 is 0 Å². The summed E-state index contributed by atoms with van der Waals surface area (Å²) in [5.41, 5.74) is 0. The van der Waals surface area contributed by atoms with Crippen LogP contribution in [0.4, 0.5) is 0 Å². The number of rotatable bonds is 5. The van der Waals surface area contributed by atoms with Crippen molar-refractivity contribution in [2.24, 2.45) is 5.92 Å². The van der Waals surface area contributed by atoms with Crippen LogP contribution in [0.25, 0.3) is 0 Å². The van der Waals surface area contributed by atoms with E-state index < -0.39 is 5.97 Å². The van der Waals surface area contributed by atoms with E-state index in [0.29, 0.717) is 13.1 Å². The molecule has 0 aromatic heterocycles. The molecule has 0 aromatic rings. The second-order valence-electron chi connectivity index (χ2n) is 3.34. The summed E-state index contributed by atoms with van der Waals surface area (Å²) in [5.74, 6) is -0.528. The lowest BCUT2D eigenvalue weighted by molar-refractivity contribution is -0.138. The van der Waals surface area contributed by atoms with Gasteiger partial charge < -0.3 is 10.0 Å². The highest BCUT2D eigenvalue weighted by Crippen LogP contribution is 2.30. The fourth-order valence-electron chi connectivity index (χ4n) is 1.24. The van der Waals surface area contributed by atoms with Crippen molar-refractivity contribution in [1.29, 1.82) is 0 Å². The molecule has 1 saturated carbocycles. The maximum Gasteiger partial charge on any atom is 0.305 e. The molecule has 1 fully saturated rings. The number of carbonyl (C=O) groups excluding carboxylic acids is 1. The Bertz CT molecular complexity index is 211. The molecule has 74 valence electrons. The van der Waals surface area contributed by atoms with Gasteiger partial charge in [-0.25, -0.2) is 0 Å². The van der Waals surface area contributed by atoms with E-state index in [0.717, 1.165) is 12.8 Å². The molecule has 0 aliphatic heterocycles. The van der Waals surface area contributed by atoms with Crippen LogP contribution in [0, 0.1) is 5.92 Å². The molecule has 0 radical (unpaired) electrons. The van der Waals surface area contributed by atoms with E-state index in [-0.39, 0.29) is 18.2 Å². The maximum absolute atomic E-state index is 11.5. The molecule has 0 bridgehead atoms. The minimum atomic E-state index is -0.845. The van der Waals surface area contributed by atoms with Crippen LogP contribution in [0.5, 0.6) is 0 Å². The molecule has 0 heterocycles. The number of carboxylic acid groups (broad SMARTS) is 1. The standard InChI is InChI=1S/C9H15NO3/c1-2-10(6-5-8(11)12)9(13)7-3-4-7/h7H,2-6H2,1H3,(H,11,12). The van der Waals surface area contributed by atoms with Gasteiger partial charge in [0.1, 0.15) is 0 Å². The summed E-state index contributed by atoms with van der Waals surface area (Å²) >= 11 is 0. The number of hydrogen-bond acceptors (Lipinski definition) is 2. The predicted octanol–water partition coefficient (Wildman–Crippen LogP) is 0.720. The summed E-state index contributed by atoms with van der Waals surface area (Å²) < 4.78 is 0. The van der Waals surface area contributed by atoms with Crippen LogP contribution in [-0.4, -0.2) is 35.0 Å². The Balaban J connectivity index is 2.32. The van der Waals surface area contributed by atoms with Crippen molar-refractivity contribution in [3.63, 3.8) is 0 Å². The van der Waals surface area contributed by atoms with E-state index in [2.05, 4.69) is 0 Å². The number of hydrogen-bond donors (Lipinski definition) is 1. The zero-order chi connectivity index (χ0) is 9.84. The molecule has 0 atom stereocenters. The molecular formula is C9H15NO3. The van der Waals surface area contributed by atoms with Crippen LogP contribution in [0.15, 0.2) is 0 Å². The lowest BCUT2D eigenvalue weighted by Gasteiger charge is -2.19. The average molecular weight is 185 g/mol. The summed E-state index contributed by atoms with van der Waals surface area (Å²) in [4.78, 5) is 23.4. The van der Waals surface area contributed by atoms with Gasteiger partial charge in [0, 0.05) is 19.0 Å². The van der Waals surface area contributed by atoms with Crippen LogP contribution in [-0.2, 0) is 9.59 Å². The van der Waals surface area contributed by atoms with Gasteiger partial charge in [-0.3, -0.25) is 9.59 Å². The van der Waals surface area contributed by atoms with E-state index in [1.807, 2.05) is 6.92 Å². The zero-order valence-electron chi connectivity index (χ0n) is 7.82. The van der Waals surface area contributed by atoms with E-state index in [4.69, 9.17) is 5.11 Å². The molecule has 0 saturated heterocycles. The Hall–Kier alpha value is -1.06.